The first-order valence-electron chi connectivity index (χ1n) is 11.0. The summed E-state index contributed by atoms with van der Waals surface area (Å²) in [5.74, 6) is 2.07. The van der Waals surface area contributed by atoms with Gasteiger partial charge in [0.2, 0.25) is 0 Å². The number of hydrogen-bond acceptors (Lipinski definition) is 6. The van der Waals surface area contributed by atoms with Crippen LogP contribution in [0.1, 0.15) is 11.1 Å². The van der Waals surface area contributed by atoms with Crippen molar-refractivity contribution >= 4 is 24.4 Å². The zero-order valence-corrected chi connectivity index (χ0v) is 19.2. The van der Waals surface area contributed by atoms with Crippen LogP contribution in [0.4, 0.5) is 5.69 Å². The molecule has 0 fully saturated rings. The van der Waals surface area contributed by atoms with E-state index in [1.54, 1.807) is 0 Å². The molecule has 3 heterocycles. The van der Waals surface area contributed by atoms with Crippen molar-refractivity contribution in [2.45, 2.75) is 0 Å². The Balaban J connectivity index is 1.61. The third kappa shape index (κ3) is 2.17. The van der Waals surface area contributed by atoms with Gasteiger partial charge >= 0.3 is 196 Å². The fourth-order valence-corrected chi connectivity index (χ4v) is 9.42. The van der Waals surface area contributed by atoms with Gasteiger partial charge in [0, 0.05) is 0 Å². The Morgan fingerprint density at radius 2 is 1.06 bits per heavy atom. The van der Waals surface area contributed by atoms with Gasteiger partial charge in [0.1, 0.15) is 0 Å². The van der Waals surface area contributed by atoms with E-state index < -0.39 is 7.23 Å². The first-order valence-corrected chi connectivity index (χ1v) is 13.2. The van der Waals surface area contributed by atoms with E-state index in [2.05, 4.69) is 0 Å². The summed E-state index contributed by atoms with van der Waals surface area (Å²) >= 11 is 0. The van der Waals surface area contributed by atoms with Crippen LogP contribution in [-0.4, -0.2) is 7.11 Å². The molecule has 4 aromatic carbocycles. The maximum absolute atomic E-state index is 6.93. The standard InChI is InChI=1S/C27H21NO5P/c1-29-34(31-24-18-10-11-19-25(24)32-34)28(22-16-8-9-17-23(22)30-34)26(20-12-4-2-5-13-20)27(33-34)21-14-6-3-7-15-21/h2-19H,1H3/q-1. The van der Waals surface area contributed by atoms with Gasteiger partial charge in [0.05, 0.1) is 0 Å². The number of para-hydroxylation sites is 4. The monoisotopic (exact) mass is 470 g/mol. The molecule has 6 nitrogen and oxygen atoms in total. The predicted octanol–water partition coefficient (Wildman–Crippen LogP) is 7.14. The Bertz CT molecular complexity index is 1470. The summed E-state index contributed by atoms with van der Waals surface area (Å²) in [6.45, 7) is 0. The Kier molecular flexibility index (Phi) is 3.50. The third-order valence-corrected chi connectivity index (χ3v) is 10.7. The van der Waals surface area contributed by atoms with Crippen molar-refractivity contribution in [1.82, 2.24) is 0 Å². The zero-order chi connectivity index (χ0) is 22.9. The summed E-state index contributed by atoms with van der Waals surface area (Å²) < 4.78 is 35.3. The Morgan fingerprint density at radius 3 is 1.68 bits per heavy atom. The molecule has 0 aromatic heterocycles. The number of benzene rings is 4. The van der Waals surface area contributed by atoms with Gasteiger partial charge in [-0.2, -0.15) is 0 Å². The van der Waals surface area contributed by atoms with Gasteiger partial charge in [-0.25, -0.2) is 0 Å². The summed E-state index contributed by atoms with van der Waals surface area (Å²) in [6.07, 6.45) is 0. The first kappa shape index (κ1) is 19.5. The Labute approximate surface area is 196 Å². The van der Waals surface area contributed by atoms with Crippen molar-refractivity contribution < 1.29 is 22.6 Å². The average Bonchev–Trinajstić information content (AvgIpc) is 3.44. The quantitative estimate of drug-likeness (QED) is 0.297. The maximum atomic E-state index is 6.93. The Morgan fingerprint density at radius 1 is 0.559 bits per heavy atom. The van der Waals surface area contributed by atoms with Gasteiger partial charge in [-0.15, -0.1) is 0 Å². The van der Waals surface area contributed by atoms with Crippen LogP contribution in [0.3, 0.4) is 0 Å². The molecule has 0 amide bonds. The van der Waals surface area contributed by atoms with Gasteiger partial charge in [0.15, 0.2) is 0 Å². The van der Waals surface area contributed by atoms with Crippen molar-refractivity contribution in [3.8, 4) is 17.2 Å². The van der Waals surface area contributed by atoms with Crippen LogP contribution in [0.5, 0.6) is 17.2 Å². The molecule has 7 heteroatoms. The molecule has 0 N–H and O–H groups in total. The molecule has 0 bridgehead atoms. The number of nitrogens with zero attached hydrogens (tertiary/aromatic N) is 1. The average molecular weight is 470 g/mol. The minimum absolute atomic E-state index is 0.486. The van der Waals surface area contributed by atoms with E-state index in [1.165, 1.54) is 7.11 Å². The fraction of sp³-hybridized carbons (Fsp3) is 0.0370. The van der Waals surface area contributed by atoms with Crippen LogP contribution in [0.2, 0.25) is 0 Å². The van der Waals surface area contributed by atoms with E-state index in [1.807, 2.05) is 114 Å². The van der Waals surface area contributed by atoms with E-state index >= 15 is 0 Å². The second-order valence-corrected chi connectivity index (χ2v) is 12.1. The van der Waals surface area contributed by atoms with Gasteiger partial charge in [0.25, 0.3) is 0 Å². The Hall–Kier alpha value is -3.99. The molecule has 0 aliphatic carbocycles. The van der Waals surface area contributed by atoms with Crippen LogP contribution in [-0.2, 0) is 9.05 Å². The van der Waals surface area contributed by atoms with Crippen LogP contribution < -0.4 is 18.2 Å². The minimum atomic E-state index is -5.65. The molecule has 34 heavy (non-hydrogen) atoms. The van der Waals surface area contributed by atoms with Gasteiger partial charge in [-0.1, -0.05) is 0 Å². The molecule has 7 rings (SSSR count). The van der Waals surface area contributed by atoms with E-state index in [0.717, 1.165) is 22.5 Å². The summed E-state index contributed by atoms with van der Waals surface area (Å²) in [4.78, 5) is 0. The molecule has 0 saturated carbocycles. The topological polar surface area (TPSA) is 49.4 Å². The molecular formula is C27H21NO5P-. The van der Waals surface area contributed by atoms with Crippen molar-refractivity contribution in [3.05, 3.63) is 120 Å². The van der Waals surface area contributed by atoms with Crippen molar-refractivity contribution in [2.24, 2.45) is 0 Å². The summed E-state index contributed by atoms with van der Waals surface area (Å²) in [5.41, 5.74) is 3.22. The van der Waals surface area contributed by atoms with E-state index in [-0.39, 0.29) is 0 Å². The van der Waals surface area contributed by atoms with Crippen LogP contribution >= 0.6 is 7.23 Å². The van der Waals surface area contributed by atoms with Gasteiger partial charge < -0.3 is 0 Å². The zero-order valence-electron chi connectivity index (χ0n) is 18.3. The molecule has 4 aromatic rings. The second-order valence-electron chi connectivity index (χ2n) is 8.34. The molecule has 0 unspecified atom stereocenters. The van der Waals surface area contributed by atoms with Gasteiger partial charge in [-0.3, -0.25) is 0 Å². The number of hydrogen-bond donors (Lipinski definition) is 0. The third-order valence-electron chi connectivity index (χ3n) is 6.39. The summed E-state index contributed by atoms with van der Waals surface area (Å²) in [7, 11) is -4.13. The molecule has 3 aliphatic rings. The van der Waals surface area contributed by atoms with Crippen LogP contribution in [0.25, 0.3) is 11.5 Å². The van der Waals surface area contributed by atoms with E-state index in [0.29, 0.717) is 23.0 Å². The molecule has 3 aliphatic heterocycles. The molecule has 0 saturated heterocycles. The van der Waals surface area contributed by atoms with Crippen LogP contribution in [0.15, 0.2) is 109 Å². The van der Waals surface area contributed by atoms with Crippen molar-refractivity contribution in [1.29, 1.82) is 0 Å². The van der Waals surface area contributed by atoms with E-state index in [9.17, 15) is 0 Å². The molecule has 0 radical (unpaired) electrons. The summed E-state index contributed by atoms with van der Waals surface area (Å²) in [5, 5.41) is 0. The number of anilines is 1. The predicted molar refractivity (Wildman–Crippen MR) is 132 cm³/mol. The van der Waals surface area contributed by atoms with Crippen LogP contribution in [0, 0.1) is 0 Å². The van der Waals surface area contributed by atoms with Crippen molar-refractivity contribution in [2.75, 3.05) is 11.8 Å². The number of fused-ring (bicyclic) bond motifs is 3. The van der Waals surface area contributed by atoms with Crippen molar-refractivity contribution in [3.63, 3.8) is 0 Å². The van der Waals surface area contributed by atoms with Gasteiger partial charge in [-0.05, 0) is 0 Å². The van der Waals surface area contributed by atoms with E-state index in [4.69, 9.17) is 22.6 Å². The first-order chi connectivity index (χ1) is 16.6. The SMILES string of the molecule is CO[P-]123(OC(c4ccccc4)=C(c4ccccc4)N1c1ccccc1O2)Oc1ccccc1O3. The summed E-state index contributed by atoms with van der Waals surface area (Å²) in [6, 6.07) is 34.9. The molecular weight excluding hydrogens is 449 g/mol. The fourth-order valence-electron chi connectivity index (χ4n) is 4.93. The normalized spacial score (nSPS) is 21.4. The molecule has 170 valence electrons. The number of rotatable bonds is 3. The molecule has 1 spiro atoms. The second kappa shape index (κ2) is 6.11. The molecule has 0 atom stereocenters.